The van der Waals surface area contributed by atoms with Gasteiger partial charge in [0, 0.05) is 13.1 Å². The minimum atomic E-state index is -0.547. The van der Waals surface area contributed by atoms with Gasteiger partial charge in [-0.15, -0.1) is 0 Å². The number of pyridine rings is 1. The first-order valence-electron chi connectivity index (χ1n) is 5.22. The number of aryl methyl sites for hydroxylation is 1. The fourth-order valence-corrected chi connectivity index (χ4v) is 1.87. The zero-order valence-electron chi connectivity index (χ0n) is 9.83. The lowest BCUT2D eigenvalue weighted by atomic mass is 10.3. The van der Waals surface area contributed by atoms with Gasteiger partial charge in [0.15, 0.2) is 0 Å². The number of carbonyl (C=O) groups excluding carboxylic acids is 1. The maximum atomic E-state index is 12.0. The predicted octanol–water partition coefficient (Wildman–Crippen LogP) is 2.34. The monoisotopic (exact) mass is 324 g/mol. The number of anilines is 1. The van der Waals surface area contributed by atoms with Crippen LogP contribution in [0.3, 0.4) is 0 Å². The first kappa shape index (κ1) is 13.2. The Morgan fingerprint density at radius 1 is 1.53 bits per heavy atom. The molecule has 0 radical (unpaired) electrons. The van der Waals surface area contributed by atoms with Crippen LogP contribution in [-0.2, 0) is 7.05 Å². The number of hydrogen-bond acceptors (Lipinski definition) is 4. The number of nitro groups is 1. The summed E-state index contributed by atoms with van der Waals surface area (Å²) in [5, 5.41) is 13.2. The second-order valence-corrected chi connectivity index (χ2v) is 4.56. The van der Waals surface area contributed by atoms with E-state index in [9.17, 15) is 14.9 Å². The summed E-state index contributed by atoms with van der Waals surface area (Å²) in [4.78, 5) is 26.1. The van der Waals surface area contributed by atoms with Crippen molar-refractivity contribution < 1.29 is 9.72 Å². The van der Waals surface area contributed by atoms with Gasteiger partial charge in [0.05, 0.1) is 11.1 Å². The van der Waals surface area contributed by atoms with Gasteiger partial charge in [0.2, 0.25) is 0 Å². The van der Waals surface area contributed by atoms with E-state index in [1.807, 2.05) is 0 Å². The molecule has 0 saturated carbocycles. The second kappa shape index (κ2) is 5.19. The number of nitrogens with one attached hydrogen (secondary N) is 1. The predicted molar refractivity (Wildman–Crippen MR) is 72.0 cm³/mol. The number of halogens is 1. The molecule has 19 heavy (non-hydrogen) atoms. The van der Waals surface area contributed by atoms with Crippen LogP contribution in [0, 0.1) is 10.1 Å². The zero-order chi connectivity index (χ0) is 14.0. The van der Waals surface area contributed by atoms with E-state index in [0.717, 1.165) is 0 Å². The molecule has 2 aromatic heterocycles. The van der Waals surface area contributed by atoms with E-state index >= 15 is 0 Å². The Morgan fingerprint density at radius 3 is 2.84 bits per heavy atom. The number of nitrogens with zero attached hydrogens (tertiary/aromatic N) is 3. The average molecular weight is 325 g/mol. The molecule has 2 heterocycles. The SMILES string of the molecule is Cn1cc([N+](=O)[O-])cc1C(=O)Nc1cccc(Br)n1. The van der Waals surface area contributed by atoms with Gasteiger partial charge in [-0.05, 0) is 28.1 Å². The zero-order valence-corrected chi connectivity index (χ0v) is 11.4. The van der Waals surface area contributed by atoms with E-state index in [1.54, 1.807) is 25.2 Å². The van der Waals surface area contributed by atoms with E-state index < -0.39 is 10.8 Å². The van der Waals surface area contributed by atoms with E-state index in [1.165, 1.54) is 16.8 Å². The molecule has 1 amide bonds. The molecule has 2 rings (SSSR count). The van der Waals surface area contributed by atoms with E-state index in [4.69, 9.17) is 0 Å². The Labute approximate surface area is 116 Å². The standard InChI is InChI=1S/C11H9BrN4O3/c1-15-6-7(16(18)19)5-8(15)11(17)14-10-4-2-3-9(12)13-10/h2-6H,1H3,(H,13,14,17). The molecule has 0 atom stereocenters. The second-order valence-electron chi connectivity index (χ2n) is 3.75. The Morgan fingerprint density at radius 2 is 2.26 bits per heavy atom. The molecular weight excluding hydrogens is 316 g/mol. The van der Waals surface area contributed by atoms with Gasteiger partial charge in [-0.25, -0.2) is 4.98 Å². The number of rotatable bonds is 3. The van der Waals surface area contributed by atoms with E-state index in [0.29, 0.717) is 10.4 Å². The summed E-state index contributed by atoms with van der Waals surface area (Å²) in [6, 6.07) is 6.29. The minimum absolute atomic E-state index is 0.130. The summed E-state index contributed by atoms with van der Waals surface area (Å²) in [7, 11) is 1.57. The smallest absolute Gasteiger partial charge is 0.287 e. The normalized spacial score (nSPS) is 10.2. The van der Waals surface area contributed by atoms with Crippen molar-refractivity contribution in [1.29, 1.82) is 0 Å². The van der Waals surface area contributed by atoms with Gasteiger partial charge in [-0.1, -0.05) is 6.07 Å². The first-order chi connectivity index (χ1) is 8.97. The highest BCUT2D eigenvalue weighted by molar-refractivity contribution is 9.10. The van der Waals surface area contributed by atoms with Crippen LogP contribution in [0.2, 0.25) is 0 Å². The van der Waals surface area contributed by atoms with Crippen LogP contribution in [0.15, 0.2) is 35.1 Å². The highest BCUT2D eigenvalue weighted by atomic mass is 79.9. The average Bonchev–Trinajstić information content (AvgIpc) is 2.71. The fourth-order valence-electron chi connectivity index (χ4n) is 1.53. The van der Waals surface area contributed by atoms with Crippen LogP contribution in [-0.4, -0.2) is 20.4 Å². The lowest BCUT2D eigenvalue weighted by Crippen LogP contribution is -2.16. The van der Waals surface area contributed by atoms with Crippen molar-refractivity contribution >= 4 is 33.3 Å². The highest BCUT2D eigenvalue weighted by Crippen LogP contribution is 2.17. The highest BCUT2D eigenvalue weighted by Gasteiger charge is 2.17. The molecule has 98 valence electrons. The summed E-state index contributed by atoms with van der Waals surface area (Å²) in [6.07, 6.45) is 1.28. The van der Waals surface area contributed by atoms with Crippen LogP contribution in [0.4, 0.5) is 11.5 Å². The summed E-state index contributed by atoms with van der Waals surface area (Å²) >= 11 is 3.19. The quantitative estimate of drug-likeness (QED) is 0.533. The Balaban J connectivity index is 2.23. The molecule has 0 aliphatic heterocycles. The van der Waals surface area contributed by atoms with E-state index in [2.05, 4.69) is 26.2 Å². The van der Waals surface area contributed by atoms with Crippen molar-refractivity contribution in [2.24, 2.45) is 7.05 Å². The molecule has 0 unspecified atom stereocenters. The van der Waals surface area contributed by atoms with Crippen molar-refractivity contribution in [3.8, 4) is 0 Å². The first-order valence-corrected chi connectivity index (χ1v) is 6.01. The van der Waals surface area contributed by atoms with Gasteiger partial charge < -0.3 is 9.88 Å². The lowest BCUT2D eigenvalue weighted by molar-refractivity contribution is -0.384. The van der Waals surface area contributed by atoms with Gasteiger partial charge >= 0.3 is 0 Å². The van der Waals surface area contributed by atoms with Crippen molar-refractivity contribution in [3.05, 3.63) is 50.9 Å². The van der Waals surface area contributed by atoms with Crippen LogP contribution in [0.25, 0.3) is 0 Å². The molecule has 0 saturated heterocycles. The molecule has 0 aromatic carbocycles. The van der Waals surface area contributed by atoms with Crippen LogP contribution < -0.4 is 5.32 Å². The van der Waals surface area contributed by atoms with Crippen LogP contribution in [0.5, 0.6) is 0 Å². The van der Waals surface area contributed by atoms with Crippen molar-refractivity contribution in [1.82, 2.24) is 9.55 Å². The summed E-state index contributed by atoms with van der Waals surface area (Å²) in [5.41, 5.74) is 0.0586. The summed E-state index contributed by atoms with van der Waals surface area (Å²) in [5.74, 6) is -0.0931. The largest absolute Gasteiger partial charge is 0.340 e. The maximum Gasteiger partial charge on any atom is 0.287 e. The van der Waals surface area contributed by atoms with Gasteiger partial charge in [-0.2, -0.15) is 0 Å². The van der Waals surface area contributed by atoms with Gasteiger partial charge in [0.25, 0.3) is 11.6 Å². The number of hydrogen-bond donors (Lipinski definition) is 1. The fraction of sp³-hybridized carbons (Fsp3) is 0.0909. The molecule has 7 nitrogen and oxygen atoms in total. The number of aromatic nitrogens is 2. The van der Waals surface area contributed by atoms with E-state index in [-0.39, 0.29) is 11.4 Å². The van der Waals surface area contributed by atoms with Crippen molar-refractivity contribution in [2.45, 2.75) is 0 Å². The third-order valence-corrected chi connectivity index (χ3v) is 2.83. The molecular formula is C11H9BrN4O3. The molecule has 0 aliphatic rings. The molecule has 0 spiro atoms. The third kappa shape index (κ3) is 2.97. The summed E-state index contributed by atoms with van der Waals surface area (Å²) < 4.78 is 1.98. The molecule has 8 heteroatoms. The maximum absolute atomic E-state index is 12.0. The van der Waals surface area contributed by atoms with Crippen LogP contribution >= 0.6 is 15.9 Å². The Hall–Kier alpha value is -2.22. The van der Waals surface area contributed by atoms with Crippen molar-refractivity contribution in [3.63, 3.8) is 0 Å². The Kier molecular flexibility index (Phi) is 3.61. The molecule has 2 aromatic rings. The molecule has 0 fully saturated rings. The Bertz CT molecular complexity index is 653. The third-order valence-electron chi connectivity index (χ3n) is 2.39. The number of amides is 1. The van der Waals surface area contributed by atoms with Gasteiger partial charge in [-0.3, -0.25) is 14.9 Å². The minimum Gasteiger partial charge on any atom is -0.340 e. The number of carbonyl (C=O) groups is 1. The molecule has 0 aliphatic carbocycles. The molecule has 1 N–H and O–H groups in total. The summed E-state index contributed by atoms with van der Waals surface area (Å²) in [6.45, 7) is 0. The lowest BCUT2D eigenvalue weighted by Gasteiger charge is -2.04. The topological polar surface area (TPSA) is 90.1 Å². The van der Waals surface area contributed by atoms with Gasteiger partial charge in [0.1, 0.15) is 16.1 Å². The van der Waals surface area contributed by atoms with Crippen LogP contribution in [0.1, 0.15) is 10.5 Å². The van der Waals surface area contributed by atoms with Crippen molar-refractivity contribution in [2.75, 3.05) is 5.32 Å². The molecule has 0 bridgehead atoms.